The van der Waals surface area contributed by atoms with Crippen LogP contribution in [0.1, 0.15) is 31.7 Å². The van der Waals surface area contributed by atoms with Gasteiger partial charge < -0.3 is 4.90 Å². The third-order valence-corrected chi connectivity index (χ3v) is 3.71. The van der Waals surface area contributed by atoms with Crippen LogP contribution < -0.4 is 10.2 Å². The molecule has 0 aliphatic carbocycles. The Labute approximate surface area is 122 Å². The van der Waals surface area contributed by atoms with Crippen LogP contribution in [-0.2, 0) is 16.0 Å². The summed E-state index contributed by atoms with van der Waals surface area (Å²) in [6.07, 6.45) is 1.22. The molecule has 1 fully saturated rings. The number of nitrogens with one attached hydrogen (secondary N) is 1. The number of carbonyl (C=O) groups is 2. The van der Waals surface area contributed by atoms with Crippen LogP contribution in [0.15, 0.2) is 0 Å². The smallest absolute Gasteiger partial charge is 0.249 e. The minimum Gasteiger partial charge on any atom is -0.335 e. The van der Waals surface area contributed by atoms with Crippen LogP contribution in [0.25, 0.3) is 0 Å². The minimum atomic E-state index is -0.415. The first-order valence-corrected chi connectivity index (χ1v) is 6.99. The zero-order valence-electron chi connectivity index (χ0n) is 11.7. The van der Waals surface area contributed by atoms with E-state index in [9.17, 15) is 9.59 Å². The van der Waals surface area contributed by atoms with Crippen molar-refractivity contribution in [3.8, 4) is 0 Å². The quantitative estimate of drug-likeness (QED) is 0.671. The lowest BCUT2D eigenvalue weighted by atomic mass is 10.1. The SMILES string of the molecule is CCc1nc(Cl)c(C)c(N2CC(=O)NC(=O)C2CC)n1. The first-order valence-electron chi connectivity index (χ1n) is 6.61. The molecule has 1 aromatic rings. The summed E-state index contributed by atoms with van der Waals surface area (Å²) >= 11 is 6.12. The van der Waals surface area contributed by atoms with E-state index < -0.39 is 6.04 Å². The van der Waals surface area contributed by atoms with Crippen LogP contribution >= 0.6 is 11.6 Å². The third kappa shape index (κ3) is 2.60. The van der Waals surface area contributed by atoms with Gasteiger partial charge >= 0.3 is 0 Å². The molecular formula is C13H17ClN4O2. The van der Waals surface area contributed by atoms with Gasteiger partial charge in [0, 0.05) is 12.0 Å². The zero-order chi connectivity index (χ0) is 14.9. The number of imide groups is 1. The van der Waals surface area contributed by atoms with E-state index in [1.54, 1.807) is 11.8 Å². The van der Waals surface area contributed by atoms with Crippen molar-refractivity contribution in [3.63, 3.8) is 0 Å². The van der Waals surface area contributed by atoms with Crippen LogP contribution in [0.3, 0.4) is 0 Å². The van der Waals surface area contributed by atoms with Crippen molar-refractivity contribution in [1.82, 2.24) is 15.3 Å². The molecule has 20 heavy (non-hydrogen) atoms. The van der Waals surface area contributed by atoms with E-state index >= 15 is 0 Å². The van der Waals surface area contributed by atoms with Crippen molar-refractivity contribution in [2.75, 3.05) is 11.4 Å². The van der Waals surface area contributed by atoms with Gasteiger partial charge in [0.25, 0.3) is 0 Å². The highest BCUT2D eigenvalue weighted by Gasteiger charge is 2.34. The molecule has 1 aromatic heterocycles. The first-order chi connectivity index (χ1) is 9.47. The number of carbonyl (C=O) groups excluding carboxylic acids is 2. The number of halogens is 1. The second kappa shape index (κ2) is 5.75. The molecule has 0 spiro atoms. The molecule has 1 N–H and O–H groups in total. The predicted octanol–water partition coefficient (Wildman–Crippen LogP) is 1.24. The lowest BCUT2D eigenvalue weighted by Crippen LogP contribution is -2.58. The monoisotopic (exact) mass is 296 g/mol. The van der Waals surface area contributed by atoms with Gasteiger partial charge in [-0.3, -0.25) is 14.9 Å². The average Bonchev–Trinajstić information content (AvgIpc) is 2.41. The number of aromatic nitrogens is 2. The van der Waals surface area contributed by atoms with E-state index in [0.29, 0.717) is 35.2 Å². The van der Waals surface area contributed by atoms with Gasteiger partial charge in [0.15, 0.2) is 0 Å². The van der Waals surface area contributed by atoms with Crippen LogP contribution in [0.4, 0.5) is 5.82 Å². The molecule has 1 atom stereocenters. The fourth-order valence-electron chi connectivity index (χ4n) is 2.25. The second-order valence-electron chi connectivity index (χ2n) is 4.70. The Morgan fingerprint density at radius 2 is 2.05 bits per heavy atom. The van der Waals surface area contributed by atoms with Crippen molar-refractivity contribution >= 4 is 29.2 Å². The van der Waals surface area contributed by atoms with Gasteiger partial charge in [-0.2, -0.15) is 0 Å². The van der Waals surface area contributed by atoms with E-state index in [-0.39, 0.29) is 18.4 Å². The van der Waals surface area contributed by atoms with Crippen LogP contribution in [0, 0.1) is 6.92 Å². The lowest BCUT2D eigenvalue weighted by molar-refractivity contribution is -0.132. The van der Waals surface area contributed by atoms with Crippen LogP contribution in [0.2, 0.25) is 5.15 Å². The molecule has 0 saturated carbocycles. The van der Waals surface area contributed by atoms with E-state index in [1.807, 2.05) is 13.8 Å². The van der Waals surface area contributed by atoms with Crippen molar-refractivity contribution in [3.05, 3.63) is 16.5 Å². The number of hydrogen-bond acceptors (Lipinski definition) is 5. The van der Waals surface area contributed by atoms with Crippen LogP contribution in [-0.4, -0.2) is 34.4 Å². The largest absolute Gasteiger partial charge is 0.335 e. The highest BCUT2D eigenvalue weighted by molar-refractivity contribution is 6.30. The maximum atomic E-state index is 11.9. The molecular weight excluding hydrogens is 280 g/mol. The molecule has 0 bridgehead atoms. The molecule has 2 heterocycles. The number of hydrogen-bond donors (Lipinski definition) is 1. The number of amides is 2. The fraction of sp³-hybridized carbons (Fsp3) is 0.538. The Morgan fingerprint density at radius 1 is 1.35 bits per heavy atom. The summed E-state index contributed by atoms with van der Waals surface area (Å²) in [6, 6.07) is -0.415. The lowest BCUT2D eigenvalue weighted by Gasteiger charge is -2.35. The third-order valence-electron chi connectivity index (χ3n) is 3.34. The minimum absolute atomic E-state index is 0.0988. The molecule has 1 saturated heterocycles. The average molecular weight is 297 g/mol. The van der Waals surface area contributed by atoms with Crippen molar-refractivity contribution in [2.45, 2.75) is 39.7 Å². The Balaban J connectivity index is 2.49. The van der Waals surface area contributed by atoms with E-state index in [1.165, 1.54) is 0 Å². The molecule has 7 heteroatoms. The summed E-state index contributed by atoms with van der Waals surface area (Å²) in [5.41, 5.74) is 0.685. The first kappa shape index (κ1) is 14.7. The Kier molecular flexibility index (Phi) is 4.23. The fourth-order valence-corrected chi connectivity index (χ4v) is 2.44. The Morgan fingerprint density at radius 3 is 2.65 bits per heavy atom. The molecule has 6 nitrogen and oxygen atoms in total. The maximum absolute atomic E-state index is 11.9. The molecule has 1 unspecified atom stereocenters. The van der Waals surface area contributed by atoms with Gasteiger partial charge in [-0.25, -0.2) is 9.97 Å². The summed E-state index contributed by atoms with van der Waals surface area (Å²) in [5, 5.41) is 2.71. The molecule has 2 amide bonds. The van der Waals surface area contributed by atoms with Gasteiger partial charge in [0.05, 0.1) is 6.54 Å². The molecule has 2 rings (SSSR count). The highest BCUT2D eigenvalue weighted by atomic mass is 35.5. The van der Waals surface area contributed by atoms with Crippen molar-refractivity contribution in [1.29, 1.82) is 0 Å². The predicted molar refractivity (Wildman–Crippen MR) is 75.7 cm³/mol. The summed E-state index contributed by atoms with van der Waals surface area (Å²) in [4.78, 5) is 33.9. The van der Waals surface area contributed by atoms with Gasteiger partial charge in [0.2, 0.25) is 11.8 Å². The van der Waals surface area contributed by atoms with Gasteiger partial charge in [-0.05, 0) is 13.3 Å². The normalized spacial score (nSPS) is 19.2. The number of rotatable bonds is 3. The Hall–Kier alpha value is -1.69. The Bertz CT molecular complexity index is 562. The van der Waals surface area contributed by atoms with Crippen molar-refractivity contribution in [2.24, 2.45) is 0 Å². The highest BCUT2D eigenvalue weighted by Crippen LogP contribution is 2.27. The molecule has 0 aromatic carbocycles. The number of aryl methyl sites for hydroxylation is 1. The molecule has 1 aliphatic heterocycles. The number of nitrogens with zero attached hydrogens (tertiary/aromatic N) is 3. The summed E-state index contributed by atoms with van der Waals surface area (Å²) in [7, 11) is 0. The number of piperazine rings is 1. The van der Waals surface area contributed by atoms with E-state index in [0.717, 1.165) is 0 Å². The van der Waals surface area contributed by atoms with Crippen LogP contribution in [0.5, 0.6) is 0 Å². The summed E-state index contributed by atoms with van der Waals surface area (Å²) in [5.74, 6) is 0.545. The van der Waals surface area contributed by atoms with Gasteiger partial charge in [-0.15, -0.1) is 0 Å². The molecule has 0 radical (unpaired) electrons. The van der Waals surface area contributed by atoms with Gasteiger partial charge in [-0.1, -0.05) is 25.4 Å². The topological polar surface area (TPSA) is 75.2 Å². The number of anilines is 1. The maximum Gasteiger partial charge on any atom is 0.249 e. The van der Waals surface area contributed by atoms with Gasteiger partial charge in [0.1, 0.15) is 22.8 Å². The summed E-state index contributed by atoms with van der Waals surface area (Å²) in [6.45, 7) is 5.71. The zero-order valence-corrected chi connectivity index (χ0v) is 12.5. The standard InChI is InChI=1S/C13H17ClN4O2/c1-4-8-13(20)17-10(19)6-18(8)12-7(3)11(14)15-9(5-2)16-12/h8H,4-6H2,1-3H3,(H,17,19,20). The summed E-state index contributed by atoms with van der Waals surface area (Å²) < 4.78 is 0. The molecule has 1 aliphatic rings. The molecule has 108 valence electrons. The van der Waals surface area contributed by atoms with E-state index in [2.05, 4.69) is 15.3 Å². The van der Waals surface area contributed by atoms with Crippen molar-refractivity contribution < 1.29 is 9.59 Å². The second-order valence-corrected chi connectivity index (χ2v) is 5.06. The van der Waals surface area contributed by atoms with E-state index in [4.69, 9.17) is 11.6 Å².